The normalized spacial score (nSPS) is 33.1. The summed E-state index contributed by atoms with van der Waals surface area (Å²) in [5.74, 6) is -0.766. The van der Waals surface area contributed by atoms with Crippen LogP contribution in [0, 0.1) is 0 Å². The van der Waals surface area contributed by atoms with Crippen molar-refractivity contribution in [1.29, 1.82) is 0 Å². The minimum absolute atomic E-state index is 0.345. The van der Waals surface area contributed by atoms with Gasteiger partial charge in [-0.3, -0.25) is 10.1 Å². The van der Waals surface area contributed by atoms with Crippen LogP contribution in [0.1, 0.15) is 6.92 Å². The summed E-state index contributed by atoms with van der Waals surface area (Å²) in [4.78, 5) is 10.9. The van der Waals surface area contributed by atoms with Gasteiger partial charge in [-0.05, 0) is 6.92 Å². The van der Waals surface area contributed by atoms with Gasteiger partial charge in [-0.25, -0.2) is 0 Å². The van der Waals surface area contributed by atoms with E-state index < -0.39 is 23.9 Å². The summed E-state index contributed by atoms with van der Waals surface area (Å²) in [5, 5.41) is 2.04. The predicted molar refractivity (Wildman–Crippen MR) is 39.4 cm³/mol. The molecule has 4 nitrogen and oxygen atoms in total. The first kappa shape index (κ1) is 11.3. The first-order valence-electron chi connectivity index (χ1n) is 3.86. The zero-order valence-corrected chi connectivity index (χ0v) is 7.64. The summed E-state index contributed by atoms with van der Waals surface area (Å²) in [6.45, 7) is 0.485. The van der Waals surface area contributed by atoms with Gasteiger partial charge >= 0.3 is 12.1 Å². The van der Waals surface area contributed by atoms with Crippen molar-refractivity contribution >= 4 is 5.97 Å². The van der Waals surface area contributed by atoms with Gasteiger partial charge in [0.15, 0.2) is 0 Å². The van der Waals surface area contributed by atoms with E-state index in [0.717, 1.165) is 14.0 Å². The van der Waals surface area contributed by atoms with Gasteiger partial charge in [0.2, 0.25) is 5.72 Å². The Balaban J connectivity index is 2.69. The van der Waals surface area contributed by atoms with E-state index in [9.17, 15) is 18.0 Å². The second-order valence-corrected chi connectivity index (χ2v) is 3.06. The fourth-order valence-electron chi connectivity index (χ4n) is 1.10. The highest BCUT2D eigenvalue weighted by molar-refractivity contribution is 5.76. The molecular weight excluding hydrogens is 203 g/mol. The number of carbonyl (C=O) groups excluding carboxylic acids is 1. The van der Waals surface area contributed by atoms with E-state index >= 15 is 0 Å². The predicted octanol–water partition coefficient (Wildman–Crippen LogP) is 0.426. The number of esters is 1. The van der Waals surface area contributed by atoms with Crippen molar-refractivity contribution in [3.8, 4) is 0 Å². The van der Waals surface area contributed by atoms with Crippen molar-refractivity contribution in [2.45, 2.75) is 24.9 Å². The molecule has 82 valence electrons. The molecule has 1 N–H and O–H groups in total. The Bertz CT molecular complexity index is 243. The topological polar surface area (TPSA) is 47.6 Å². The second-order valence-electron chi connectivity index (χ2n) is 3.06. The Kier molecular flexibility index (Phi) is 2.73. The van der Waals surface area contributed by atoms with E-state index in [0.29, 0.717) is 0 Å². The molecule has 0 aromatic heterocycles. The van der Waals surface area contributed by atoms with Crippen LogP contribution >= 0.6 is 0 Å². The van der Waals surface area contributed by atoms with Gasteiger partial charge < -0.3 is 9.47 Å². The third-order valence-electron chi connectivity index (χ3n) is 2.01. The van der Waals surface area contributed by atoms with Crippen LogP contribution in [0.4, 0.5) is 13.2 Å². The van der Waals surface area contributed by atoms with Crippen molar-refractivity contribution in [1.82, 2.24) is 5.32 Å². The molecule has 1 aliphatic heterocycles. The fraction of sp³-hybridized carbons (Fsp3) is 0.857. The lowest BCUT2D eigenvalue weighted by atomic mass is 10.2. The molecule has 0 radical (unpaired) electrons. The van der Waals surface area contributed by atoms with E-state index in [1.165, 1.54) is 0 Å². The lowest BCUT2D eigenvalue weighted by Crippen LogP contribution is -2.54. The Morgan fingerprint density at radius 2 is 2.21 bits per heavy atom. The van der Waals surface area contributed by atoms with E-state index in [4.69, 9.17) is 0 Å². The van der Waals surface area contributed by atoms with Crippen LogP contribution in [-0.4, -0.2) is 37.6 Å². The van der Waals surface area contributed by atoms with Crippen LogP contribution < -0.4 is 5.32 Å². The molecule has 0 aliphatic carbocycles. The van der Waals surface area contributed by atoms with E-state index in [2.05, 4.69) is 9.47 Å². The molecule has 1 aliphatic rings. The van der Waals surface area contributed by atoms with Gasteiger partial charge in [0.1, 0.15) is 6.04 Å². The lowest BCUT2D eigenvalue weighted by molar-refractivity contribution is -0.263. The smallest absolute Gasteiger partial charge is 0.430 e. The molecule has 0 unspecified atom stereocenters. The molecule has 2 atom stereocenters. The zero-order chi connectivity index (χ0) is 11.0. The SMILES string of the molecule is COC(=O)[C@@H]1CO[C@](C)(C(F)(F)F)N1. The highest BCUT2D eigenvalue weighted by Gasteiger charge is 2.57. The first-order chi connectivity index (χ1) is 6.30. The molecule has 1 heterocycles. The summed E-state index contributed by atoms with van der Waals surface area (Å²) in [6, 6.07) is -1.06. The standard InChI is InChI=1S/C7H10F3NO3/c1-6(7(8,9)10)11-4(3-14-6)5(12)13-2/h4,11H,3H2,1-2H3/t4-,6+/m0/s1. The monoisotopic (exact) mass is 213 g/mol. The van der Waals surface area contributed by atoms with Gasteiger partial charge in [0.25, 0.3) is 0 Å². The maximum atomic E-state index is 12.3. The van der Waals surface area contributed by atoms with Crippen LogP contribution in [0.15, 0.2) is 0 Å². The molecule has 1 rings (SSSR count). The molecule has 14 heavy (non-hydrogen) atoms. The summed E-state index contributed by atoms with van der Waals surface area (Å²) in [7, 11) is 1.10. The minimum atomic E-state index is -4.56. The number of carbonyl (C=O) groups is 1. The Labute approximate surface area is 78.4 Å². The average Bonchev–Trinajstić information content (AvgIpc) is 2.47. The number of halogens is 3. The van der Waals surface area contributed by atoms with Gasteiger partial charge in [0.05, 0.1) is 13.7 Å². The third kappa shape index (κ3) is 1.83. The maximum absolute atomic E-state index is 12.3. The molecule has 0 saturated carbocycles. The van der Waals surface area contributed by atoms with Crippen LogP contribution in [0.5, 0.6) is 0 Å². The Hall–Kier alpha value is -0.820. The number of nitrogens with one attached hydrogen (secondary N) is 1. The van der Waals surface area contributed by atoms with Crippen LogP contribution in [0.3, 0.4) is 0 Å². The largest absolute Gasteiger partial charge is 0.468 e. The highest BCUT2D eigenvalue weighted by Crippen LogP contribution is 2.34. The minimum Gasteiger partial charge on any atom is -0.468 e. The summed E-state index contributed by atoms with van der Waals surface area (Å²) < 4.78 is 45.8. The van der Waals surface area contributed by atoms with Crippen molar-refractivity contribution in [2.24, 2.45) is 0 Å². The van der Waals surface area contributed by atoms with Crippen LogP contribution in [-0.2, 0) is 14.3 Å². The van der Waals surface area contributed by atoms with Gasteiger partial charge in [-0.1, -0.05) is 0 Å². The molecule has 0 amide bonds. The summed E-state index contributed by atoms with van der Waals surface area (Å²) >= 11 is 0. The van der Waals surface area contributed by atoms with Crippen LogP contribution in [0.25, 0.3) is 0 Å². The number of methoxy groups -OCH3 is 1. The second kappa shape index (κ2) is 3.39. The first-order valence-corrected chi connectivity index (χ1v) is 3.86. The maximum Gasteiger partial charge on any atom is 0.430 e. The van der Waals surface area contributed by atoms with Crippen molar-refractivity contribution in [3.63, 3.8) is 0 Å². The summed E-state index contributed by atoms with van der Waals surface area (Å²) in [6.07, 6.45) is -4.56. The van der Waals surface area contributed by atoms with Crippen LogP contribution in [0.2, 0.25) is 0 Å². The van der Waals surface area contributed by atoms with E-state index in [1.807, 2.05) is 5.32 Å². The third-order valence-corrected chi connectivity index (χ3v) is 2.01. The summed E-state index contributed by atoms with van der Waals surface area (Å²) in [5.41, 5.74) is -2.47. The molecule has 1 fully saturated rings. The zero-order valence-electron chi connectivity index (χ0n) is 7.64. The Morgan fingerprint density at radius 1 is 1.64 bits per heavy atom. The molecular formula is C7H10F3NO3. The molecule has 0 bridgehead atoms. The number of hydrogen-bond donors (Lipinski definition) is 1. The molecule has 0 aromatic rings. The van der Waals surface area contributed by atoms with E-state index in [-0.39, 0.29) is 6.61 Å². The number of alkyl halides is 3. The molecule has 0 aromatic carbocycles. The van der Waals surface area contributed by atoms with Crippen molar-refractivity contribution < 1.29 is 27.4 Å². The van der Waals surface area contributed by atoms with Gasteiger partial charge in [0, 0.05) is 0 Å². The Morgan fingerprint density at radius 3 is 2.57 bits per heavy atom. The molecule has 7 heteroatoms. The highest BCUT2D eigenvalue weighted by atomic mass is 19.4. The number of ether oxygens (including phenoxy) is 2. The fourth-order valence-corrected chi connectivity index (χ4v) is 1.10. The number of rotatable bonds is 1. The quantitative estimate of drug-likeness (QED) is 0.641. The lowest BCUT2D eigenvalue weighted by Gasteiger charge is -2.26. The van der Waals surface area contributed by atoms with Gasteiger partial charge in [-0.2, -0.15) is 13.2 Å². The molecule has 1 saturated heterocycles. The average molecular weight is 213 g/mol. The van der Waals surface area contributed by atoms with E-state index in [1.54, 1.807) is 0 Å². The molecule has 0 spiro atoms. The number of hydrogen-bond acceptors (Lipinski definition) is 4. The van der Waals surface area contributed by atoms with Crippen molar-refractivity contribution in [2.75, 3.05) is 13.7 Å². The van der Waals surface area contributed by atoms with Gasteiger partial charge in [-0.15, -0.1) is 0 Å². The van der Waals surface area contributed by atoms with Crippen molar-refractivity contribution in [3.05, 3.63) is 0 Å².